The van der Waals surface area contributed by atoms with Gasteiger partial charge in [-0.05, 0) is 44.2 Å². The van der Waals surface area contributed by atoms with Crippen LogP contribution < -0.4 is 10.1 Å². The van der Waals surface area contributed by atoms with Gasteiger partial charge in [0.05, 0.1) is 18.9 Å². The summed E-state index contributed by atoms with van der Waals surface area (Å²) in [5.74, 6) is 0.810. The fourth-order valence-corrected chi connectivity index (χ4v) is 2.76. The third-order valence-corrected chi connectivity index (χ3v) is 4.26. The Morgan fingerprint density at radius 1 is 1.16 bits per heavy atom. The van der Waals surface area contributed by atoms with Crippen LogP contribution in [0.4, 0.5) is 5.69 Å². The van der Waals surface area contributed by atoms with Gasteiger partial charge in [0.2, 0.25) is 0 Å². The number of aryl methyl sites for hydroxylation is 1. The molecule has 0 atom stereocenters. The van der Waals surface area contributed by atoms with Gasteiger partial charge in [0.25, 0.3) is 0 Å². The maximum atomic E-state index is 6.12. The monoisotopic (exact) mass is 283 g/mol. The lowest BCUT2D eigenvalue weighted by Gasteiger charge is -2.29. The normalized spacial score (nSPS) is 23.2. The lowest BCUT2D eigenvalue weighted by Crippen LogP contribution is -2.29. The third-order valence-electron chi connectivity index (χ3n) is 3.85. The smallest absolute Gasteiger partial charge is 0.143 e. The van der Waals surface area contributed by atoms with Crippen LogP contribution in [0.2, 0.25) is 5.02 Å². The van der Waals surface area contributed by atoms with Crippen LogP contribution >= 0.6 is 11.6 Å². The molecule has 0 aromatic heterocycles. The molecule has 3 nitrogen and oxygen atoms in total. The molecule has 19 heavy (non-hydrogen) atoms. The number of methoxy groups -OCH3 is 2. The van der Waals surface area contributed by atoms with Crippen LogP contribution in [-0.2, 0) is 4.74 Å². The summed E-state index contributed by atoms with van der Waals surface area (Å²) in [6.45, 7) is 2.01. The van der Waals surface area contributed by atoms with E-state index < -0.39 is 0 Å². The van der Waals surface area contributed by atoms with Gasteiger partial charge in [-0.25, -0.2) is 0 Å². The second kappa shape index (κ2) is 6.49. The van der Waals surface area contributed by atoms with Crippen molar-refractivity contribution >= 4 is 17.3 Å². The molecule has 1 N–H and O–H groups in total. The van der Waals surface area contributed by atoms with Crippen molar-refractivity contribution in [3.05, 3.63) is 22.7 Å². The molecule has 1 fully saturated rings. The van der Waals surface area contributed by atoms with Crippen molar-refractivity contribution in [3.63, 3.8) is 0 Å². The highest BCUT2D eigenvalue weighted by Gasteiger charge is 2.21. The summed E-state index contributed by atoms with van der Waals surface area (Å²) in [5, 5.41) is 4.32. The largest absolute Gasteiger partial charge is 0.495 e. The Labute approximate surface area is 120 Å². The molecule has 1 saturated carbocycles. The predicted molar refractivity (Wildman–Crippen MR) is 79.4 cm³/mol. The summed E-state index contributed by atoms with van der Waals surface area (Å²) in [4.78, 5) is 0. The van der Waals surface area contributed by atoms with Gasteiger partial charge in [0.15, 0.2) is 0 Å². The van der Waals surface area contributed by atoms with Crippen LogP contribution in [0, 0.1) is 6.92 Å². The zero-order valence-electron chi connectivity index (χ0n) is 11.8. The minimum atomic E-state index is 0.423. The molecule has 0 heterocycles. The SMILES string of the molecule is COc1cc(Cl)c(C)cc1NC1CCC(OC)CC1. The van der Waals surface area contributed by atoms with E-state index in [1.54, 1.807) is 14.2 Å². The maximum Gasteiger partial charge on any atom is 0.143 e. The number of hydrogen-bond donors (Lipinski definition) is 1. The molecule has 0 aliphatic heterocycles. The van der Waals surface area contributed by atoms with Crippen molar-refractivity contribution in [1.82, 2.24) is 0 Å². The molecule has 1 aliphatic rings. The fraction of sp³-hybridized carbons (Fsp3) is 0.600. The molecule has 106 valence electrons. The van der Waals surface area contributed by atoms with Crippen LogP contribution in [0.15, 0.2) is 12.1 Å². The molecule has 1 aliphatic carbocycles. The summed E-state index contributed by atoms with van der Waals surface area (Å²) >= 11 is 6.12. The van der Waals surface area contributed by atoms with E-state index in [2.05, 4.69) is 11.4 Å². The van der Waals surface area contributed by atoms with E-state index in [1.807, 2.05) is 13.0 Å². The fourth-order valence-electron chi connectivity index (χ4n) is 2.61. The van der Waals surface area contributed by atoms with E-state index in [4.69, 9.17) is 21.1 Å². The average Bonchev–Trinajstić information content (AvgIpc) is 2.43. The molecular weight excluding hydrogens is 262 g/mol. The Kier molecular flexibility index (Phi) is 4.94. The summed E-state index contributed by atoms with van der Waals surface area (Å²) in [6.07, 6.45) is 4.91. The molecule has 1 aromatic rings. The highest BCUT2D eigenvalue weighted by atomic mass is 35.5. The molecule has 1 aromatic carbocycles. The van der Waals surface area contributed by atoms with Gasteiger partial charge in [-0.15, -0.1) is 0 Å². The van der Waals surface area contributed by atoms with Crippen molar-refractivity contribution in [1.29, 1.82) is 0 Å². The number of hydrogen-bond acceptors (Lipinski definition) is 3. The van der Waals surface area contributed by atoms with Crippen LogP contribution in [-0.4, -0.2) is 26.4 Å². The zero-order valence-corrected chi connectivity index (χ0v) is 12.6. The highest BCUT2D eigenvalue weighted by molar-refractivity contribution is 6.31. The van der Waals surface area contributed by atoms with Crippen molar-refractivity contribution in [2.24, 2.45) is 0 Å². The number of nitrogens with one attached hydrogen (secondary N) is 1. The van der Waals surface area contributed by atoms with Gasteiger partial charge >= 0.3 is 0 Å². The zero-order chi connectivity index (χ0) is 13.8. The first kappa shape index (κ1) is 14.5. The molecule has 0 unspecified atom stereocenters. The minimum absolute atomic E-state index is 0.423. The van der Waals surface area contributed by atoms with Crippen LogP contribution in [0.5, 0.6) is 5.75 Å². The first-order valence-electron chi connectivity index (χ1n) is 6.77. The van der Waals surface area contributed by atoms with E-state index in [0.717, 1.165) is 47.7 Å². The second-order valence-electron chi connectivity index (χ2n) is 5.16. The van der Waals surface area contributed by atoms with E-state index in [0.29, 0.717) is 12.1 Å². The van der Waals surface area contributed by atoms with E-state index in [1.165, 1.54) is 0 Å². The van der Waals surface area contributed by atoms with Crippen LogP contribution in [0.25, 0.3) is 0 Å². The third kappa shape index (κ3) is 3.54. The van der Waals surface area contributed by atoms with Gasteiger partial charge in [-0.2, -0.15) is 0 Å². The van der Waals surface area contributed by atoms with Gasteiger partial charge in [0, 0.05) is 24.2 Å². The number of ether oxygens (including phenoxy) is 2. The first-order chi connectivity index (χ1) is 9.13. The molecule has 0 radical (unpaired) electrons. The standard InChI is InChI=1S/C15H22ClNO2/c1-10-8-14(15(19-3)9-13(10)16)17-11-4-6-12(18-2)7-5-11/h8-9,11-12,17H,4-7H2,1-3H3. The number of rotatable bonds is 4. The predicted octanol–water partition coefficient (Wildman–Crippen LogP) is 4.03. The van der Waals surface area contributed by atoms with E-state index >= 15 is 0 Å². The van der Waals surface area contributed by atoms with Crippen molar-refractivity contribution in [2.45, 2.75) is 44.8 Å². The molecular formula is C15H22ClNO2. The number of anilines is 1. The average molecular weight is 284 g/mol. The number of benzene rings is 1. The second-order valence-corrected chi connectivity index (χ2v) is 5.56. The Morgan fingerprint density at radius 2 is 1.84 bits per heavy atom. The van der Waals surface area contributed by atoms with Crippen molar-refractivity contribution < 1.29 is 9.47 Å². The maximum absolute atomic E-state index is 6.12. The Hall–Kier alpha value is -0.930. The first-order valence-corrected chi connectivity index (χ1v) is 7.15. The van der Waals surface area contributed by atoms with E-state index in [-0.39, 0.29) is 0 Å². The van der Waals surface area contributed by atoms with Gasteiger partial charge in [-0.1, -0.05) is 11.6 Å². The summed E-state index contributed by atoms with van der Waals surface area (Å²) < 4.78 is 10.8. The Morgan fingerprint density at radius 3 is 2.42 bits per heavy atom. The van der Waals surface area contributed by atoms with Crippen molar-refractivity contribution in [2.75, 3.05) is 19.5 Å². The highest BCUT2D eigenvalue weighted by Crippen LogP contribution is 2.33. The number of halogens is 1. The van der Waals surface area contributed by atoms with E-state index in [9.17, 15) is 0 Å². The van der Waals surface area contributed by atoms with Gasteiger partial charge in [0.1, 0.15) is 5.75 Å². The Bertz CT molecular complexity index is 428. The lowest BCUT2D eigenvalue weighted by atomic mass is 9.92. The lowest BCUT2D eigenvalue weighted by molar-refractivity contribution is 0.0681. The molecule has 2 rings (SSSR count). The van der Waals surface area contributed by atoms with Crippen LogP contribution in [0.1, 0.15) is 31.2 Å². The molecule has 0 saturated heterocycles. The van der Waals surface area contributed by atoms with Gasteiger partial charge in [-0.3, -0.25) is 0 Å². The topological polar surface area (TPSA) is 30.5 Å². The summed E-state index contributed by atoms with van der Waals surface area (Å²) in [6, 6.07) is 4.42. The van der Waals surface area contributed by atoms with Crippen LogP contribution in [0.3, 0.4) is 0 Å². The summed E-state index contributed by atoms with van der Waals surface area (Å²) in [7, 11) is 3.47. The Balaban J connectivity index is 2.05. The quantitative estimate of drug-likeness (QED) is 0.905. The molecule has 0 bridgehead atoms. The molecule has 0 spiro atoms. The van der Waals surface area contributed by atoms with Crippen molar-refractivity contribution in [3.8, 4) is 5.75 Å². The molecule has 4 heteroatoms. The minimum Gasteiger partial charge on any atom is -0.495 e. The van der Waals surface area contributed by atoms with Gasteiger partial charge < -0.3 is 14.8 Å². The summed E-state index contributed by atoms with van der Waals surface area (Å²) in [5.41, 5.74) is 2.10. The molecule has 0 amide bonds.